The monoisotopic (exact) mass is 321 g/mol. The zero-order valence-electron chi connectivity index (χ0n) is 13.3. The number of ether oxygens (including phenoxy) is 1. The van der Waals surface area contributed by atoms with E-state index in [-0.39, 0.29) is 6.61 Å². The van der Waals surface area contributed by atoms with Crippen molar-refractivity contribution in [2.75, 3.05) is 41.0 Å². The molecule has 0 spiro atoms. The third-order valence-corrected chi connectivity index (χ3v) is 5.70. The van der Waals surface area contributed by atoms with E-state index in [2.05, 4.69) is 5.32 Å². The van der Waals surface area contributed by atoms with E-state index in [9.17, 15) is 9.90 Å². The molecule has 0 heterocycles. The molecule has 124 valence electrons. The Morgan fingerprint density at radius 2 is 1.90 bits per heavy atom. The van der Waals surface area contributed by atoms with Crippen LogP contribution in [0.25, 0.3) is 0 Å². The van der Waals surface area contributed by atoms with Gasteiger partial charge in [0.15, 0.2) is 0 Å². The summed E-state index contributed by atoms with van der Waals surface area (Å²) in [7, 11) is 2.22. The van der Waals surface area contributed by atoms with Crippen LogP contribution in [0.3, 0.4) is 0 Å². The summed E-state index contributed by atoms with van der Waals surface area (Å²) in [5.74, 6) is -0.451. The first-order chi connectivity index (χ1) is 10.0. The van der Waals surface area contributed by atoms with Crippen molar-refractivity contribution in [2.24, 2.45) is 0 Å². The van der Waals surface area contributed by atoms with Gasteiger partial charge in [-0.15, -0.1) is 0 Å². The molecule has 1 atom stereocenters. The molecule has 0 aromatic carbocycles. The van der Waals surface area contributed by atoms with Crippen molar-refractivity contribution in [1.29, 1.82) is 0 Å². The molecule has 0 fully saturated rings. The highest BCUT2D eigenvalue weighted by molar-refractivity contribution is 6.60. The Balaban J connectivity index is 3.73. The molecule has 0 aliphatic rings. The molecule has 0 aliphatic heterocycles. The van der Waals surface area contributed by atoms with Crippen LogP contribution in [0.15, 0.2) is 12.2 Å². The van der Waals surface area contributed by atoms with E-state index in [0.29, 0.717) is 19.1 Å². The van der Waals surface area contributed by atoms with Gasteiger partial charge in [-0.3, -0.25) is 0 Å². The first-order valence-electron chi connectivity index (χ1n) is 6.87. The van der Waals surface area contributed by atoms with Crippen LogP contribution in [0.5, 0.6) is 0 Å². The third-order valence-electron chi connectivity index (χ3n) is 2.87. The van der Waals surface area contributed by atoms with E-state index in [0.717, 1.165) is 6.42 Å². The average molecular weight is 321 g/mol. The van der Waals surface area contributed by atoms with Crippen molar-refractivity contribution in [1.82, 2.24) is 5.32 Å². The van der Waals surface area contributed by atoms with Gasteiger partial charge in [0, 0.05) is 40.0 Å². The van der Waals surface area contributed by atoms with E-state index in [4.69, 9.17) is 18.0 Å². The summed E-state index contributed by atoms with van der Waals surface area (Å²) in [6.07, 6.45) is 2.97. The summed E-state index contributed by atoms with van der Waals surface area (Å²) in [5.41, 5.74) is 0. The van der Waals surface area contributed by atoms with Crippen LogP contribution in [0.2, 0.25) is 6.04 Å². The lowest BCUT2D eigenvalue weighted by Crippen LogP contribution is -2.43. The van der Waals surface area contributed by atoms with Crippen LogP contribution in [0.1, 0.15) is 13.3 Å². The first-order valence-corrected chi connectivity index (χ1v) is 8.80. The van der Waals surface area contributed by atoms with Crippen molar-refractivity contribution < 1.29 is 27.9 Å². The van der Waals surface area contributed by atoms with E-state index < -0.39 is 20.9 Å². The van der Waals surface area contributed by atoms with E-state index in [1.54, 1.807) is 34.3 Å². The zero-order valence-corrected chi connectivity index (χ0v) is 14.3. The second-order valence-corrected chi connectivity index (χ2v) is 7.48. The van der Waals surface area contributed by atoms with Gasteiger partial charge >= 0.3 is 14.8 Å². The minimum atomic E-state index is -2.51. The average Bonchev–Trinajstić information content (AvgIpc) is 2.50. The first kappa shape index (κ1) is 20.2. The fourth-order valence-corrected chi connectivity index (χ4v) is 3.40. The highest BCUT2D eigenvalue weighted by Crippen LogP contribution is 2.14. The summed E-state index contributed by atoms with van der Waals surface area (Å²) >= 11 is 0. The van der Waals surface area contributed by atoms with Crippen molar-refractivity contribution in [2.45, 2.75) is 25.5 Å². The molecule has 0 rings (SSSR count). The van der Waals surface area contributed by atoms with Crippen LogP contribution in [0.4, 0.5) is 0 Å². The van der Waals surface area contributed by atoms with E-state index >= 15 is 0 Å². The number of carbonyl (C=O) groups excluding carboxylic acids is 1. The topological polar surface area (TPSA) is 86.3 Å². The quantitative estimate of drug-likeness (QED) is 0.232. The Kier molecular flexibility index (Phi) is 11.4. The normalized spacial score (nSPS) is 13.6. The Bertz CT molecular complexity index is 301. The van der Waals surface area contributed by atoms with Gasteiger partial charge in [0.05, 0.1) is 0 Å². The molecule has 0 saturated heterocycles. The predicted octanol–water partition coefficient (Wildman–Crippen LogP) is 0.324. The summed E-state index contributed by atoms with van der Waals surface area (Å²) in [6.45, 7) is 2.74. The van der Waals surface area contributed by atoms with E-state index in [1.165, 1.54) is 6.08 Å². The van der Waals surface area contributed by atoms with Crippen molar-refractivity contribution in [3.63, 3.8) is 0 Å². The molecule has 0 saturated carbocycles. The molecular weight excluding hydrogens is 294 g/mol. The lowest BCUT2D eigenvalue weighted by atomic mass is 10.3. The fraction of sp³-hybridized carbons (Fsp3) is 0.769. The zero-order chi connectivity index (χ0) is 16.1. The molecule has 0 aromatic heterocycles. The Morgan fingerprint density at radius 1 is 1.29 bits per heavy atom. The fourth-order valence-electron chi connectivity index (χ4n) is 1.68. The molecule has 0 radical (unpaired) electrons. The predicted molar refractivity (Wildman–Crippen MR) is 80.9 cm³/mol. The van der Waals surface area contributed by atoms with Gasteiger partial charge in [-0.2, -0.15) is 0 Å². The summed E-state index contributed by atoms with van der Waals surface area (Å²) < 4.78 is 20.8. The maximum absolute atomic E-state index is 11.1. The summed E-state index contributed by atoms with van der Waals surface area (Å²) in [6, 6.07) is 0.690. The molecular formula is C13H27NO6Si. The summed E-state index contributed by atoms with van der Waals surface area (Å²) in [4.78, 5) is 11.1. The van der Waals surface area contributed by atoms with Crippen LogP contribution in [-0.2, 0) is 22.8 Å². The van der Waals surface area contributed by atoms with Gasteiger partial charge in [0.25, 0.3) is 0 Å². The molecule has 0 aromatic rings. The number of rotatable bonds is 12. The van der Waals surface area contributed by atoms with Crippen molar-refractivity contribution in [3.05, 3.63) is 12.2 Å². The number of hydrogen-bond donors (Lipinski definition) is 2. The lowest BCUT2D eigenvalue weighted by molar-refractivity contribution is -0.140. The molecule has 2 N–H and O–H groups in total. The minimum absolute atomic E-state index is 0.0247. The molecule has 7 nitrogen and oxygen atoms in total. The van der Waals surface area contributed by atoms with Gasteiger partial charge in [-0.25, -0.2) is 4.79 Å². The van der Waals surface area contributed by atoms with Gasteiger partial charge in [-0.1, -0.05) is 6.08 Å². The molecule has 0 bridgehead atoms. The second kappa shape index (κ2) is 11.8. The Labute approximate surface area is 127 Å². The van der Waals surface area contributed by atoms with Gasteiger partial charge in [0.1, 0.15) is 12.7 Å². The Morgan fingerprint density at radius 3 is 2.43 bits per heavy atom. The van der Waals surface area contributed by atoms with Crippen LogP contribution >= 0.6 is 0 Å². The minimum Gasteiger partial charge on any atom is -0.460 e. The standard InChI is InChI=1S/C13H27NO6Si/c1-5-7-13(16)20-11-12(15)10-14-8-6-9-21(17-2,18-3)19-4/h5,7,12,14-15H,6,8-11H2,1-4H3. The van der Waals surface area contributed by atoms with Crippen LogP contribution in [0, 0.1) is 0 Å². The third kappa shape index (κ3) is 8.97. The van der Waals surface area contributed by atoms with Gasteiger partial charge < -0.3 is 28.4 Å². The van der Waals surface area contributed by atoms with Crippen molar-refractivity contribution in [3.8, 4) is 0 Å². The lowest BCUT2D eigenvalue weighted by Gasteiger charge is -2.24. The number of hydrogen-bond acceptors (Lipinski definition) is 7. The number of aliphatic hydroxyl groups excluding tert-OH is 1. The number of esters is 1. The molecule has 0 aliphatic carbocycles. The molecule has 0 amide bonds. The summed E-state index contributed by atoms with van der Waals surface area (Å²) in [5, 5.41) is 12.7. The smallest absolute Gasteiger partial charge is 0.460 e. The number of allylic oxidation sites excluding steroid dienone is 1. The largest absolute Gasteiger partial charge is 0.500 e. The van der Waals surface area contributed by atoms with Crippen LogP contribution < -0.4 is 5.32 Å². The highest BCUT2D eigenvalue weighted by Gasteiger charge is 2.36. The highest BCUT2D eigenvalue weighted by atomic mass is 28.4. The van der Waals surface area contributed by atoms with Gasteiger partial charge in [0.2, 0.25) is 0 Å². The Hall–Kier alpha value is -0.773. The van der Waals surface area contributed by atoms with E-state index in [1.807, 2.05) is 0 Å². The maximum atomic E-state index is 11.1. The number of carbonyl (C=O) groups is 1. The second-order valence-electron chi connectivity index (χ2n) is 4.39. The van der Waals surface area contributed by atoms with Crippen LogP contribution in [-0.4, -0.2) is 67.0 Å². The molecule has 21 heavy (non-hydrogen) atoms. The number of aliphatic hydroxyl groups is 1. The SMILES string of the molecule is CC=CC(=O)OCC(O)CNCCC[Si](OC)(OC)OC. The van der Waals surface area contributed by atoms with Gasteiger partial charge in [-0.05, 0) is 19.9 Å². The maximum Gasteiger partial charge on any atom is 0.500 e. The molecule has 8 heteroatoms. The van der Waals surface area contributed by atoms with Crippen molar-refractivity contribution >= 4 is 14.8 Å². The number of nitrogens with one attached hydrogen (secondary N) is 1. The molecule has 1 unspecified atom stereocenters.